The quantitative estimate of drug-likeness (QED) is 0.375. The molecule has 0 atom stereocenters. The molecule has 0 aliphatic heterocycles. The molecule has 0 bridgehead atoms. The summed E-state index contributed by atoms with van der Waals surface area (Å²) in [6, 6.07) is 0. The molecule has 0 saturated carbocycles. The molecule has 0 radical (unpaired) electrons. The summed E-state index contributed by atoms with van der Waals surface area (Å²) in [5, 5.41) is 8.51. The maximum atomic E-state index is 8.51. The predicted octanol–water partition coefficient (Wildman–Crippen LogP) is 5.48. The topological polar surface area (TPSA) is 20.2 Å². The first-order chi connectivity index (χ1) is 8.33. The van der Waals surface area contributed by atoms with Crippen LogP contribution in [0.25, 0.3) is 0 Å². The molecule has 0 spiro atoms. The monoisotopic (exact) mass is 242 g/mol. The fourth-order valence-electron chi connectivity index (χ4n) is 1.59. The summed E-state index contributed by atoms with van der Waals surface area (Å²) in [5.41, 5.74) is 0. The first kappa shape index (κ1) is 19.0. The average Bonchev–Trinajstić information content (AvgIpc) is 2.36. The second kappa shape index (κ2) is 21.0. The van der Waals surface area contributed by atoms with Gasteiger partial charge in [-0.15, -0.1) is 6.58 Å². The third-order valence-corrected chi connectivity index (χ3v) is 2.77. The molecular weight excluding hydrogens is 208 g/mol. The summed E-state index contributed by atoms with van der Waals surface area (Å²) in [6.07, 6.45) is 16.1. The minimum absolute atomic E-state index is 0.370. The van der Waals surface area contributed by atoms with Crippen molar-refractivity contribution in [1.29, 1.82) is 0 Å². The van der Waals surface area contributed by atoms with Crippen molar-refractivity contribution in [3.8, 4) is 0 Å². The van der Waals surface area contributed by atoms with Gasteiger partial charge >= 0.3 is 0 Å². The van der Waals surface area contributed by atoms with Crippen LogP contribution in [0.4, 0.5) is 0 Å². The number of aliphatic hydroxyl groups excluding tert-OH is 1. The lowest BCUT2D eigenvalue weighted by molar-refractivity contribution is 0.282. The van der Waals surface area contributed by atoms with Gasteiger partial charge in [-0.1, -0.05) is 77.7 Å². The minimum Gasteiger partial charge on any atom is -0.396 e. The third kappa shape index (κ3) is 25.7. The second-order valence-electron chi connectivity index (χ2n) is 4.63. The molecule has 1 heteroatoms. The Morgan fingerprint density at radius 1 is 0.765 bits per heavy atom. The summed E-state index contributed by atoms with van der Waals surface area (Å²) >= 11 is 0. The van der Waals surface area contributed by atoms with Gasteiger partial charge in [-0.25, -0.2) is 0 Å². The molecule has 1 nitrogen and oxygen atoms in total. The van der Waals surface area contributed by atoms with E-state index in [1.807, 2.05) is 6.08 Å². The van der Waals surface area contributed by atoms with Crippen LogP contribution in [0.15, 0.2) is 12.7 Å². The van der Waals surface area contributed by atoms with Crippen molar-refractivity contribution >= 4 is 0 Å². The van der Waals surface area contributed by atoms with Gasteiger partial charge in [0.1, 0.15) is 0 Å². The number of hydrogen-bond acceptors (Lipinski definition) is 1. The molecule has 0 rings (SSSR count). The first-order valence-electron chi connectivity index (χ1n) is 7.55. The van der Waals surface area contributed by atoms with Crippen LogP contribution in [0.2, 0.25) is 0 Å². The summed E-state index contributed by atoms with van der Waals surface area (Å²) < 4.78 is 0. The van der Waals surface area contributed by atoms with E-state index in [2.05, 4.69) is 20.4 Å². The lowest BCUT2D eigenvalue weighted by Crippen LogP contribution is -1.83. The molecule has 0 fully saturated rings. The molecule has 0 unspecified atom stereocenters. The lowest BCUT2D eigenvalue weighted by atomic mass is 10.1. The number of unbranched alkanes of at least 4 members (excludes halogenated alkanes) is 9. The van der Waals surface area contributed by atoms with Crippen LogP contribution >= 0.6 is 0 Å². The van der Waals surface area contributed by atoms with E-state index in [0.29, 0.717) is 6.61 Å². The normalized spacial score (nSPS) is 9.59. The van der Waals surface area contributed by atoms with Crippen molar-refractivity contribution in [2.75, 3.05) is 6.61 Å². The number of hydrogen-bond donors (Lipinski definition) is 1. The zero-order valence-electron chi connectivity index (χ0n) is 12.2. The first-order valence-corrected chi connectivity index (χ1v) is 7.55. The van der Waals surface area contributed by atoms with Crippen LogP contribution in [-0.2, 0) is 0 Å². The smallest absolute Gasteiger partial charge is 0.0431 e. The Labute approximate surface area is 109 Å². The summed E-state index contributed by atoms with van der Waals surface area (Å²) in [6.45, 7) is 8.39. The summed E-state index contributed by atoms with van der Waals surface area (Å²) in [5.74, 6) is 0. The van der Waals surface area contributed by atoms with Gasteiger partial charge in [-0.2, -0.15) is 0 Å². The van der Waals surface area contributed by atoms with Gasteiger partial charge in [0, 0.05) is 6.61 Å². The SMILES string of the molecule is C=CCCCC.CCCCCCCCCCO. The number of rotatable bonds is 11. The molecule has 0 aromatic heterocycles. The number of aliphatic hydroxyl groups is 1. The van der Waals surface area contributed by atoms with Gasteiger partial charge < -0.3 is 5.11 Å². The maximum absolute atomic E-state index is 8.51. The largest absolute Gasteiger partial charge is 0.396 e. The van der Waals surface area contributed by atoms with Crippen molar-refractivity contribution in [1.82, 2.24) is 0 Å². The van der Waals surface area contributed by atoms with E-state index >= 15 is 0 Å². The summed E-state index contributed by atoms with van der Waals surface area (Å²) in [7, 11) is 0. The average molecular weight is 242 g/mol. The molecule has 0 aromatic rings. The van der Waals surface area contributed by atoms with Crippen molar-refractivity contribution in [2.24, 2.45) is 0 Å². The number of allylic oxidation sites excluding steroid dienone is 1. The highest BCUT2D eigenvalue weighted by Gasteiger charge is 1.89. The molecule has 17 heavy (non-hydrogen) atoms. The Kier molecular flexibility index (Phi) is 23.6. The van der Waals surface area contributed by atoms with E-state index in [1.54, 1.807) is 0 Å². The molecule has 0 heterocycles. The molecule has 104 valence electrons. The van der Waals surface area contributed by atoms with Crippen LogP contribution in [-0.4, -0.2) is 11.7 Å². The standard InChI is InChI=1S/C10H22O.C6H12/c1-2-3-4-5-6-7-8-9-10-11;1-3-5-6-4-2/h11H,2-10H2,1H3;3H,1,4-6H2,2H3. The van der Waals surface area contributed by atoms with Crippen molar-refractivity contribution < 1.29 is 5.11 Å². The summed E-state index contributed by atoms with van der Waals surface area (Å²) in [4.78, 5) is 0. The van der Waals surface area contributed by atoms with Crippen molar-refractivity contribution in [3.63, 3.8) is 0 Å². The van der Waals surface area contributed by atoms with Gasteiger partial charge in [0.2, 0.25) is 0 Å². The maximum Gasteiger partial charge on any atom is 0.0431 e. The lowest BCUT2D eigenvalue weighted by Gasteiger charge is -1.98. The fraction of sp³-hybridized carbons (Fsp3) is 0.875. The zero-order valence-corrected chi connectivity index (χ0v) is 12.2. The van der Waals surface area contributed by atoms with E-state index < -0.39 is 0 Å². The highest BCUT2D eigenvalue weighted by atomic mass is 16.2. The fourth-order valence-corrected chi connectivity index (χ4v) is 1.59. The molecular formula is C16H34O. The Hall–Kier alpha value is -0.300. The van der Waals surface area contributed by atoms with Gasteiger partial charge in [-0.05, 0) is 12.8 Å². The Balaban J connectivity index is 0. The van der Waals surface area contributed by atoms with Crippen molar-refractivity contribution in [3.05, 3.63) is 12.7 Å². The molecule has 0 aliphatic carbocycles. The van der Waals surface area contributed by atoms with Gasteiger partial charge in [-0.3, -0.25) is 0 Å². The van der Waals surface area contributed by atoms with E-state index in [9.17, 15) is 0 Å². The van der Waals surface area contributed by atoms with Crippen LogP contribution in [0.5, 0.6) is 0 Å². The third-order valence-electron chi connectivity index (χ3n) is 2.77. The van der Waals surface area contributed by atoms with Crippen molar-refractivity contribution in [2.45, 2.75) is 84.5 Å². The van der Waals surface area contributed by atoms with Crippen LogP contribution in [0.3, 0.4) is 0 Å². The molecule has 0 saturated heterocycles. The zero-order chi connectivity index (χ0) is 13.2. The molecule has 0 amide bonds. The Morgan fingerprint density at radius 2 is 1.24 bits per heavy atom. The molecule has 0 aliphatic rings. The molecule has 1 N–H and O–H groups in total. The van der Waals surface area contributed by atoms with E-state index in [1.165, 1.54) is 64.2 Å². The van der Waals surface area contributed by atoms with Gasteiger partial charge in [0.05, 0.1) is 0 Å². The van der Waals surface area contributed by atoms with Crippen LogP contribution in [0, 0.1) is 0 Å². The van der Waals surface area contributed by atoms with Gasteiger partial charge in [0.25, 0.3) is 0 Å². The van der Waals surface area contributed by atoms with Crippen LogP contribution < -0.4 is 0 Å². The highest BCUT2D eigenvalue weighted by molar-refractivity contribution is 4.64. The Bertz CT molecular complexity index is 113. The minimum atomic E-state index is 0.370. The Morgan fingerprint density at radius 3 is 1.59 bits per heavy atom. The van der Waals surface area contributed by atoms with E-state index in [4.69, 9.17) is 5.11 Å². The predicted molar refractivity (Wildman–Crippen MR) is 79.4 cm³/mol. The highest BCUT2D eigenvalue weighted by Crippen LogP contribution is 2.07. The second-order valence-corrected chi connectivity index (χ2v) is 4.63. The van der Waals surface area contributed by atoms with E-state index in [0.717, 1.165) is 6.42 Å². The molecule has 0 aromatic carbocycles. The van der Waals surface area contributed by atoms with E-state index in [-0.39, 0.29) is 0 Å². The van der Waals surface area contributed by atoms with Crippen LogP contribution in [0.1, 0.15) is 84.5 Å². The van der Waals surface area contributed by atoms with Gasteiger partial charge in [0.15, 0.2) is 0 Å².